The van der Waals surface area contributed by atoms with Crippen molar-refractivity contribution in [2.75, 3.05) is 32.4 Å². The van der Waals surface area contributed by atoms with Crippen LogP contribution in [0.25, 0.3) is 0 Å². The lowest BCUT2D eigenvalue weighted by atomic mass is 10.0. The summed E-state index contributed by atoms with van der Waals surface area (Å²) in [5.74, 6) is 0. The molecule has 2 heterocycles. The zero-order chi connectivity index (χ0) is 18.4. The number of aromatic nitrogens is 2. The molecule has 0 atom stereocenters. The van der Waals surface area contributed by atoms with Gasteiger partial charge in [0.1, 0.15) is 5.01 Å². The van der Waals surface area contributed by atoms with Gasteiger partial charge in [-0.2, -0.15) is 0 Å². The van der Waals surface area contributed by atoms with Crippen molar-refractivity contribution in [3.05, 3.63) is 40.9 Å². The van der Waals surface area contributed by atoms with Gasteiger partial charge < -0.3 is 20.9 Å². The number of urea groups is 1. The number of nitrogens with two attached hydrogens (primary N) is 1. The van der Waals surface area contributed by atoms with E-state index >= 15 is 0 Å². The number of nitrogens with zero attached hydrogens (tertiary/aromatic N) is 4. The lowest BCUT2D eigenvalue weighted by molar-refractivity contribution is 0.132. The SMILES string of the molecule is CN1CCC(N(CCc2ccccc2)C(=O)NCc2nnc(N)s2)CC1. The van der Waals surface area contributed by atoms with Crippen LogP contribution in [0.1, 0.15) is 23.4 Å². The van der Waals surface area contributed by atoms with Gasteiger partial charge in [0, 0.05) is 12.6 Å². The lowest BCUT2D eigenvalue weighted by Crippen LogP contribution is -2.50. The molecule has 1 aromatic carbocycles. The molecule has 0 spiro atoms. The van der Waals surface area contributed by atoms with Gasteiger partial charge in [0.25, 0.3) is 0 Å². The number of benzene rings is 1. The maximum Gasteiger partial charge on any atom is 0.318 e. The fourth-order valence-corrected chi connectivity index (χ4v) is 3.79. The van der Waals surface area contributed by atoms with Crippen LogP contribution in [0.2, 0.25) is 0 Å². The monoisotopic (exact) mass is 374 g/mol. The maximum atomic E-state index is 12.9. The molecular formula is C18H26N6OS. The van der Waals surface area contributed by atoms with Crippen LogP contribution in [-0.4, -0.2) is 58.8 Å². The molecule has 0 radical (unpaired) electrons. The minimum absolute atomic E-state index is 0.0377. The third kappa shape index (κ3) is 5.15. The van der Waals surface area contributed by atoms with Crippen molar-refractivity contribution >= 4 is 22.5 Å². The summed E-state index contributed by atoms with van der Waals surface area (Å²) in [7, 11) is 2.13. The Hall–Kier alpha value is -2.19. The zero-order valence-electron chi connectivity index (χ0n) is 15.1. The van der Waals surface area contributed by atoms with E-state index in [4.69, 9.17) is 5.73 Å². The largest absolute Gasteiger partial charge is 0.374 e. The third-order valence-corrected chi connectivity index (χ3v) is 5.50. The van der Waals surface area contributed by atoms with Crippen LogP contribution < -0.4 is 11.1 Å². The van der Waals surface area contributed by atoms with Crippen LogP contribution in [0.15, 0.2) is 30.3 Å². The van der Waals surface area contributed by atoms with E-state index in [0.29, 0.717) is 18.2 Å². The predicted octanol–water partition coefficient (Wildman–Crippen LogP) is 1.97. The van der Waals surface area contributed by atoms with E-state index in [0.717, 1.165) is 37.4 Å². The first-order valence-corrected chi connectivity index (χ1v) is 9.78. The lowest BCUT2D eigenvalue weighted by Gasteiger charge is -2.37. The number of piperidine rings is 1. The van der Waals surface area contributed by atoms with Crippen molar-refractivity contribution in [3.8, 4) is 0 Å². The molecule has 1 aromatic heterocycles. The van der Waals surface area contributed by atoms with Gasteiger partial charge in [0.05, 0.1) is 6.54 Å². The van der Waals surface area contributed by atoms with Gasteiger partial charge in [-0.1, -0.05) is 41.7 Å². The van der Waals surface area contributed by atoms with Crippen molar-refractivity contribution in [1.29, 1.82) is 0 Å². The second kappa shape index (κ2) is 8.95. The van der Waals surface area contributed by atoms with Gasteiger partial charge in [-0.15, -0.1) is 10.2 Å². The third-order valence-electron chi connectivity index (χ3n) is 4.75. The number of rotatable bonds is 6. The molecule has 7 nitrogen and oxygen atoms in total. The first kappa shape index (κ1) is 18.6. The van der Waals surface area contributed by atoms with Gasteiger partial charge >= 0.3 is 6.03 Å². The van der Waals surface area contributed by atoms with Crippen LogP contribution >= 0.6 is 11.3 Å². The van der Waals surface area contributed by atoms with E-state index in [1.54, 1.807) is 0 Å². The maximum absolute atomic E-state index is 12.9. The Kier molecular flexibility index (Phi) is 6.40. The Morgan fingerprint density at radius 1 is 1.31 bits per heavy atom. The average Bonchev–Trinajstić information content (AvgIpc) is 3.08. The summed E-state index contributed by atoms with van der Waals surface area (Å²) in [4.78, 5) is 17.2. The molecule has 26 heavy (non-hydrogen) atoms. The normalized spacial score (nSPS) is 15.7. The van der Waals surface area contributed by atoms with Crippen molar-refractivity contribution in [1.82, 2.24) is 25.3 Å². The van der Waals surface area contributed by atoms with Gasteiger partial charge in [-0.3, -0.25) is 0 Å². The van der Waals surface area contributed by atoms with Crippen molar-refractivity contribution < 1.29 is 4.79 Å². The van der Waals surface area contributed by atoms with Crippen LogP contribution in [0.3, 0.4) is 0 Å². The number of likely N-dealkylation sites (tertiary alicyclic amines) is 1. The van der Waals surface area contributed by atoms with E-state index in [-0.39, 0.29) is 12.1 Å². The summed E-state index contributed by atoms with van der Waals surface area (Å²) < 4.78 is 0. The van der Waals surface area contributed by atoms with Crippen molar-refractivity contribution in [2.24, 2.45) is 0 Å². The van der Waals surface area contributed by atoms with E-state index in [2.05, 4.69) is 39.6 Å². The molecule has 3 rings (SSSR count). The van der Waals surface area contributed by atoms with Crippen LogP contribution in [-0.2, 0) is 13.0 Å². The van der Waals surface area contributed by atoms with Crippen molar-refractivity contribution in [2.45, 2.75) is 31.8 Å². The highest BCUT2D eigenvalue weighted by Crippen LogP contribution is 2.17. The summed E-state index contributed by atoms with van der Waals surface area (Å²) in [5.41, 5.74) is 6.85. The fourth-order valence-electron chi connectivity index (χ4n) is 3.24. The number of amides is 2. The number of anilines is 1. The Bertz CT molecular complexity index is 699. The number of nitrogen functional groups attached to an aromatic ring is 1. The Morgan fingerprint density at radius 2 is 2.04 bits per heavy atom. The van der Waals surface area contributed by atoms with Gasteiger partial charge in [0.15, 0.2) is 0 Å². The summed E-state index contributed by atoms with van der Waals surface area (Å²) in [6.45, 7) is 3.12. The average molecular weight is 375 g/mol. The number of nitrogens with one attached hydrogen (secondary N) is 1. The minimum atomic E-state index is -0.0377. The fraction of sp³-hybridized carbons (Fsp3) is 0.500. The molecule has 3 N–H and O–H groups in total. The van der Waals surface area contributed by atoms with Crippen LogP contribution in [0.5, 0.6) is 0 Å². The summed E-state index contributed by atoms with van der Waals surface area (Å²) >= 11 is 1.30. The standard InChI is InChI=1S/C18H26N6OS/c1-23-10-8-15(9-11-23)24(12-7-14-5-3-2-4-6-14)18(25)20-13-16-21-22-17(19)26-16/h2-6,15H,7-13H2,1H3,(H2,19,22)(H,20,25). The second-order valence-electron chi connectivity index (χ2n) is 6.66. The van der Waals surface area contributed by atoms with Crippen LogP contribution in [0.4, 0.5) is 9.93 Å². The molecule has 1 aliphatic heterocycles. The highest BCUT2D eigenvalue weighted by molar-refractivity contribution is 7.15. The smallest absolute Gasteiger partial charge is 0.318 e. The second-order valence-corrected chi connectivity index (χ2v) is 7.75. The molecule has 0 unspecified atom stereocenters. The van der Waals surface area contributed by atoms with Crippen molar-refractivity contribution in [3.63, 3.8) is 0 Å². The Labute approximate surface area is 158 Å². The minimum Gasteiger partial charge on any atom is -0.374 e. The van der Waals surface area contributed by atoms with E-state index < -0.39 is 0 Å². The number of hydrogen-bond acceptors (Lipinski definition) is 6. The molecule has 0 saturated carbocycles. The molecule has 0 bridgehead atoms. The van der Waals surface area contributed by atoms with Gasteiger partial charge in [-0.25, -0.2) is 4.79 Å². The molecule has 140 valence electrons. The van der Waals surface area contributed by atoms with Crippen LogP contribution in [0, 0.1) is 0 Å². The highest BCUT2D eigenvalue weighted by atomic mass is 32.1. The van der Waals surface area contributed by atoms with E-state index in [1.165, 1.54) is 16.9 Å². The first-order valence-electron chi connectivity index (χ1n) is 8.96. The number of carbonyl (C=O) groups is 1. The Balaban J connectivity index is 1.61. The Morgan fingerprint density at radius 3 is 2.69 bits per heavy atom. The molecular weight excluding hydrogens is 348 g/mol. The van der Waals surface area contributed by atoms with E-state index in [9.17, 15) is 4.79 Å². The molecule has 1 aliphatic rings. The summed E-state index contributed by atoms with van der Waals surface area (Å²) in [6.07, 6.45) is 2.86. The van der Waals surface area contributed by atoms with Gasteiger partial charge in [-0.05, 0) is 45.0 Å². The quantitative estimate of drug-likeness (QED) is 0.807. The highest BCUT2D eigenvalue weighted by Gasteiger charge is 2.26. The topological polar surface area (TPSA) is 87.4 Å². The zero-order valence-corrected chi connectivity index (χ0v) is 15.9. The molecule has 1 fully saturated rings. The molecule has 8 heteroatoms. The van der Waals surface area contributed by atoms with Gasteiger partial charge in [0.2, 0.25) is 5.13 Å². The summed E-state index contributed by atoms with van der Waals surface area (Å²) in [6, 6.07) is 10.5. The predicted molar refractivity (Wildman–Crippen MR) is 104 cm³/mol. The molecule has 2 aromatic rings. The van der Waals surface area contributed by atoms with E-state index in [1.807, 2.05) is 23.1 Å². The summed E-state index contributed by atoms with van der Waals surface area (Å²) in [5, 5.41) is 11.9. The number of carbonyl (C=O) groups excluding carboxylic acids is 1. The molecule has 1 saturated heterocycles. The molecule has 2 amide bonds. The first-order chi connectivity index (χ1) is 12.6. The molecule has 0 aliphatic carbocycles. The number of hydrogen-bond donors (Lipinski definition) is 2.